The lowest BCUT2D eigenvalue weighted by molar-refractivity contribution is -0.384. The fraction of sp³-hybridized carbons (Fsp3) is 0.0667. The standard InChI is InChI=1S/C15H14ClN5O2S/c16-12-4-1-10(2-5-12)8-18-13-6-3-11(7-14(13)21(22)23)9-19-20-15(17)24/h1-7,9,18H,8H2,(H3,17,20,24)/b19-9+. The normalized spacial score (nSPS) is 10.5. The van der Waals surface area contributed by atoms with E-state index in [1.165, 1.54) is 12.3 Å². The third kappa shape index (κ3) is 5.18. The van der Waals surface area contributed by atoms with Crippen LogP contribution in [0.1, 0.15) is 11.1 Å². The molecule has 0 aliphatic carbocycles. The number of nitrogens with zero attached hydrogens (tertiary/aromatic N) is 2. The number of rotatable bonds is 6. The number of benzene rings is 2. The van der Waals surface area contributed by atoms with Crippen molar-refractivity contribution in [1.82, 2.24) is 5.43 Å². The molecule has 0 aliphatic heterocycles. The van der Waals surface area contributed by atoms with Gasteiger partial charge in [-0.05, 0) is 36.0 Å². The van der Waals surface area contributed by atoms with E-state index in [4.69, 9.17) is 17.3 Å². The van der Waals surface area contributed by atoms with Crippen LogP contribution < -0.4 is 16.5 Å². The van der Waals surface area contributed by atoms with Gasteiger partial charge in [0.2, 0.25) is 0 Å². The monoisotopic (exact) mass is 363 g/mol. The summed E-state index contributed by atoms with van der Waals surface area (Å²) in [4.78, 5) is 10.8. The number of hydrazone groups is 1. The van der Waals surface area contributed by atoms with Gasteiger partial charge in [0.15, 0.2) is 5.11 Å². The molecule has 4 N–H and O–H groups in total. The van der Waals surface area contributed by atoms with Crippen molar-refractivity contribution in [3.05, 3.63) is 68.7 Å². The zero-order valence-electron chi connectivity index (χ0n) is 12.4. The summed E-state index contributed by atoms with van der Waals surface area (Å²) in [6.07, 6.45) is 1.40. The molecule has 2 aromatic rings. The van der Waals surface area contributed by atoms with Crippen LogP contribution in [-0.2, 0) is 6.54 Å². The highest BCUT2D eigenvalue weighted by Gasteiger charge is 2.14. The zero-order valence-corrected chi connectivity index (χ0v) is 14.0. The van der Waals surface area contributed by atoms with E-state index in [9.17, 15) is 10.1 Å². The number of nitrogens with one attached hydrogen (secondary N) is 2. The molecular weight excluding hydrogens is 350 g/mol. The number of halogens is 1. The molecule has 0 radical (unpaired) electrons. The molecule has 0 saturated carbocycles. The third-order valence-corrected chi connectivity index (χ3v) is 3.35. The van der Waals surface area contributed by atoms with Crippen molar-refractivity contribution >= 4 is 46.5 Å². The van der Waals surface area contributed by atoms with Gasteiger partial charge >= 0.3 is 0 Å². The minimum atomic E-state index is -0.456. The molecule has 2 aromatic carbocycles. The largest absolute Gasteiger partial charge is 0.375 e. The van der Waals surface area contributed by atoms with Gasteiger partial charge in [-0.25, -0.2) is 0 Å². The Morgan fingerprint density at radius 2 is 2.04 bits per heavy atom. The molecule has 2 rings (SSSR count). The first-order chi connectivity index (χ1) is 11.5. The summed E-state index contributed by atoms with van der Waals surface area (Å²) in [7, 11) is 0. The minimum Gasteiger partial charge on any atom is -0.375 e. The van der Waals surface area contributed by atoms with Crippen LogP contribution in [0, 0.1) is 10.1 Å². The zero-order chi connectivity index (χ0) is 17.5. The summed E-state index contributed by atoms with van der Waals surface area (Å²) in [5.41, 5.74) is 9.50. The van der Waals surface area contributed by atoms with Crippen molar-refractivity contribution in [2.45, 2.75) is 6.54 Å². The predicted molar refractivity (Wildman–Crippen MR) is 99.4 cm³/mol. The Morgan fingerprint density at radius 1 is 1.33 bits per heavy atom. The molecule has 9 heteroatoms. The van der Waals surface area contributed by atoms with Crippen molar-refractivity contribution in [1.29, 1.82) is 0 Å². The van der Waals surface area contributed by atoms with Crippen molar-refractivity contribution in [2.75, 3.05) is 5.32 Å². The first kappa shape index (κ1) is 17.6. The second-order valence-electron chi connectivity index (χ2n) is 4.75. The summed E-state index contributed by atoms with van der Waals surface area (Å²) in [6.45, 7) is 0.439. The Hall–Kier alpha value is -2.71. The molecule has 0 aromatic heterocycles. The number of anilines is 1. The van der Waals surface area contributed by atoms with Gasteiger partial charge in [0.1, 0.15) is 5.69 Å². The van der Waals surface area contributed by atoms with E-state index in [0.29, 0.717) is 22.8 Å². The van der Waals surface area contributed by atoms with Crippen LogP contribution in [0.3, 0.4) is 0 Å². The molecule has 0 fully saturated rings. The van der Waals surface area contributed by atoms with Gasteiger partial charge in [0.05, 0.1) is 11.1 Å². The fourth-order valence-corrected chi connectivity index (χ4v) is 2.08. The predicted octanol–water partition coefficient (Wildman–Crippen LogP) is 3.03. The lowest BCUT2D eigenvalue weighted by Crippen LogP contribution is -2.23. The highest BCUT2D eigenvalue weighted by Crippen LogP contribution is 2.25. The van der Waals surface area contributed by atoms with Crippen LogP contribution in [0.15, 0.2) is 47.6 Å². The second kappa shape index (κ2) is 8.23. The molecule has 0 heterocycles. The van der Waals surface area contributed by atoms with E-state index in [2.05, 4.69) is 28.1 Å². The average molecular weight is 364 g/mol. The van der Waals surface area contributed by atoms with Gasteiger partial charge in [-0.2, -0.15) is 5.10 Å². The van der Waals surface area contributed by atoms with Crippen LogP contribution in [0.25, 0.3) is 0 Å². The van der Waals surface area contributed by atoms with E-state index in [-0.39, 0.29) is 10.8 Å². The lowest BCUT2D eigenvalue weighted by atomic mass is 10.1. The average Bonchev–Trinajstić information content (AvgIpc) is 2.54. The molecule has 0 saturated heterocycles. The third-order valence-electron chi connectivity index (χ3n) is 3.00. The van der Waals surface area contributed by atoms with Crippen molar-refractivity contribution in [2.24, 2.45) is 10.8 Å². The van der Waals surface area contributed by atoms with Crippen molar-refractivity contribution < 1.29 is 4.92 Å². The summed E-state index contributed by atoms with van der Waals surface area (Å²) in [6, 6.07) is 12.0. The topological polar surface area (TPSA) is 106 Å². The van der Waals surface area contributed by atoms with Gasteiger partial charge in [0, 0.05) is 23.2 Å². The molecular formula is C15H14ClN5O2S. The molecule has 0 unspecified atom stereocenters. The van der Waals surface area contributed by atoms with Crippen molar-refractivity contribution in [3.8, 4) is 0 Å². The van der Waals surface area contributed by atoms with E-state index < -0.39 is 4.92 Å². The maximum atomic E-state index is 11.3. The second-order valence-corrected chi connectivity index (χ2v) is 5.62. The molecule has 0 aliphatic rings. The first-order valence-electron chi connectivity index (χ1n) is 6.81. The Balaban J connectivity index is 2.14. The van der Waals surface area contributed by atoms with Crippen molar-refractivity contribution in [3.63, 3.8) is 0 Å². The van der Waals surface area contributed by atoms with Crippen LogP contribution in [0.5, 0.6) is 0 Å². The van der Waals surface area contributed by atoms with Gasteiger partial charge in [-0.1, -0.05) is 29.8 Å². The van der Waals surface area contributed by atoms with Gasteiger partial charge < -0.3 is 11.1 Å². The van der Waals surface area contributed by atoms with Gasteiger partial charge in [-0.15, -0.1) is 0 Å². The number of nitro benzene ring substituents is 1. The summed E-state index contributed by atoms with van der Waals surface area (Å²) < 4.78 is 0. The fourth-order valence-electron chi connectivity index (χ4n) is 1.90. The Morgan fingerprint density at radius 3 is 2.67 bits per heavy atom. The number of thiocarbonyl (C=S) groups is 1. The van der Waals surface area contributed by atoms with Gasteiger partial charge in [-0.3, -0.25) is 15.5 Å². The van der Waals surface area contributed by atoms with E-state index in [0.717, 1.165) is 5.56 Å². The summed E-state index contributed by atoms with van der Waals surface area (Å²) >= 11 is 10.4. The van der Waals surface area contributed by atoms with E-state index >= 15 is 0 Å². The highest BCUT2D eigenvalue weighted by atomic mass is 35.5. The molecule has 0 amide bonds. The van der Waals surface area contributed by atoms with E-state index in [1.807, 2.05) is 12.1 Å². The molecule has 7 nitrogen and oxygen atoms in total. The van der Waals surface area contributed by atoms with Gasteiger partial charge in [0.25, 0.3) is 5.69 Å². The van der Waals surface area contributed by atoms with Crippen LogP contribution in [0.2, 0.25) is 5.02 Å². The number of nitrogens with two attached hydrogens (primary N) is 1. The molecule has 0 atom stereocenters. The smallest absolute Gasteiger partial charge is 0.292 e. The van der Waals surface area contributed by atoms with E-state index in [1.54, 1.807) is 24.3 Å². The molecule has 0 bridgehead atoms. The maximum Gasteiger partial charge on any atom is 0.292 e. The minimum absolute atomic E-state index is 0.0157. The SMILES string of the molecule is NC(=S)N/N=C/c1ccc(NCc2ccc(Cl)cc2)c([N+](=O)[O-])c1. The number of nitro groups is 1. The lowest BCUT2D eigenvalue weighted by Gasteiger charge is -2.08. The van der Waals surface area contributed by atoms with Crippen LogP contribution in [0.4, 0.5) is 11.4 Å². The van der Waals surface area contributed by atoms with Crippen LogP contribution in [-0.4, -0.2) is 16.3 Å². The number of hydrogen-bond donors (Lipinski definition) is 3. The molecule has 24 heavy (non-hydrogen) atoms. The maximum absolute atomic E-state index is 11.3. The highest BCUT2D eigenvalue weighted by molar-refractivity contribution is 7.80. The Labute approximate surface area is 148 Å². The molecule has 124 valence electrons. The Bertz CT molecular complexity index is 780. The summed E-state index contributed by atoms with van der Waals surface area (Å²) in [5, 5.41) is 18.7. The summed E-state index contributed by atoms with van der Waals surface area (Å²) in [5.74, 6) is 0. The van der Waals surface area contributed by atoms with Crippen LogP contribution >= 0.6 is 23.8 Å². The Kier molecular flexibility index (Phi) is 6.05. The molecule has 0 spiro atoms. The quantitative estimate of drug-likeness (QED) is 0.315. The number of hydrogen-bond acceptors (Lipinski definition) is 5. The first-order valence-corrected chi connectivity index (χ1v) is 7.59.